The Bertz CT molecular complexity index is 319. The predicted octanol–water partition coefficient (Wildman–Crippen LogP) is 1.04. The Kier molecular flexibility index (Phi) is 2.91. The molecule has 6 heteroatoms. The third-order valence-electron chi connectivity index (χ3n) is 1.30. The van der Waals surface area contributed by atoms with Crippen LogP contribution in [0.4, 0.5) is 11.4 Å². The topological polar surface area (TPSA) is 89.3 Å². The Labute approximate surface area is 85.8 Å². The first-order valence-corrected chi connectivity index (χ1v) is 5.16. The molecule has 1 rings (SSSR count). The number of hydrogen-bond donors (Lipinski definition) is 3. The third-order valence-corrected chi connectivity index (χ3v) is 3.19. The highest BCUT2D eigenvalue weighted by atomic mass is 127. The van der Waals surface area contributed by atoms with Crippen LogP contribution in [0.15, 0.2) is 17.0 Å². The van der Waals surface area contributed by atoms with Crippen molar-refractivity contribution in [3.63, 3.8) is 0 Å². The monoisotopic (exact) mass is 298 g/mol. The van der Waals surface area contributed by atoms with Gasteiger partial charge in [0, 0.05) is 11.4 Å². The SMILES string of the molecule is Nc1cc(S(=O)O)cc(N)c1I. The van der Waals surface area contributed by atoms with Crippen molar-refractivity contribution in [3.8, 4) is 0 Å². The number of benzene rings is 1. The van der Waals surface area contributed by atoms with Gasteiger partial charge >= 0.3 is 0 Å². The lowest BCUT2D eigenvalue weighted by molar-refractivity contribution is 0.564. The number of halogens is 1. The second kappa shape index (κ2) is 3.58. The van der Waals surface area contributed by atoms with E-state index in [0.717, 1.165) is 0 Å². The van der Waals surface area contributed by atoms with Crippen molar-refractivity contribution < 1.29 is 8.76 Å². The van der Waals surface area contributed by atoms with E-state index in [1.165, 1.54) is 12.1 Å². The lowest BCUT2D eigenvalue weighted by Crippen LogP contribution is -1.99. The summed E-state index contributed by atoms with van der Waals surface area (Å²) in [5, 5.41) is 0. The summed E-state index contributed by atoms with van der Waals surface area (Å²) in [6, 6.07) is 2.88. The Morgan fingerprint density at radius 2 is 1.75 bits per heavy atom. The molecule has 0 aliphatic carbocycles. The van der Waals surface area contributed by atoms with E-state index in [4.69, 9.17) is 16.0 Å². The minimum atomic E-state index is -2.02. The quantitative estimate of drug-likeness (QED) is 0.410. The number of anilines is 2. The van der Waals surface area contributed by atoms with Crippen LogP contribution in [0.25, 0.3) is 0 Å². The first-order valence-electron chi connectivity index (χ1n) is 2.97. The van der Waals surface area contributed by atoms with Crippen molar-refractivity contribution in [2.45, 2.75) is 4.90 Å². The fourth-order valence-corrected chi connectivity index (χ4v) is 1.51. The van der Waals surface area contributed by atoms with Crippen LogP contribution in [0.1, 0.15) is 0 Å². The molecule has 0 fully saturated rings. The number of nitrogens with two attached hydrogens (primary N) is 2. The summed E-state index contributed by atoms with van der Waals surface area (Å²) in [7, 11) is 0. The lowest BCUT2D eigenvalue weighted by atomic mass is 10.3. The van der Waals surface area contributed by atoms with Crippen LogP contribution in [0, 0.1) is 3.57 Å². The minimum absolute atomic E-state index is 0.227. The molecule has 0 spiro atoms. The zero-order valence-electron chi connectivity index (χ0n) is 5.95. The van der Waals surface area contributed by atoms with E-state index >= 15 is 0 Å². The molecule has 66 valence electrons. The third kappa shape index (κ3) is 1.87. The summed E-state index contributed by atoms with van der Waals surface area (Å²) in [5.74, 6) is 0. The normalized spacial score (nSPS) is 12.8. The number of nitrogen functional groups attached to an aromatic ring is 2. The summed E-state index contributed by atoms with van der Waals surface area (Å²) < 4.78 is 20.0. The highest BCUT2D eigenvalue weighted by Crippen LogP contribution is 2.24. The van der Waals surface area contributed by atoms with Crippen molar-refractivity contribution >= 4 is 45.0 Å². The minimum Gasteiger partial charge on any atom is -0.398 e. The molecule has 1 atom stereocenters. The molecule has 0 radical (unpaired) electrons. The van der Waals surface area contributed by atoms with E-state index in [1.54, 1.807) is 0 Å². The molecule has 1 aromatic carbocycles. The van der Waals surface area contributed by atoms with Crippen LogP contribution in [-0.2, 0) is 11.1 Å². The molecule has 0 amide bonds. The van der Waals surface area contributed by atoms with Gasteiger partial charge in [0.25, 0.3) is 0 Å². The van der Waals surface area contributed by atoms with E-state index in [1.807, 2.05) is 22.6 Å². The van der Waals surface area contributed by atoms with Crippen molar-refractivity contribution in [1.29, 1.82) is 0 Å². The molecule has 5 N–H and O–H groups in total. The fraction of sp³-hybridized carbons (Fsp3) is 0. The van der Waals surface area contributed by atoms with Gasteiger partial charge in [0.1, 0.15) is 0 Å². The van der Waals surface area contributed by atoms with Crippen LogP contribution in [0.2, 0.25) is 0 Å². The molecular formula is C6H7IN2O2S. The fourth-order valence-electron chi connectivity index (χ4n) is 0.742. The molecule has 0 saturated carbocycles. The summed E-state index contributed by atoms with van der Waals surface area (Å²) in [5.41, 5.74) is 11.9. The van der Waals surface area contributed by atoms with Crippen molar-refractivity contribution in [2.24, 2.45) is 0 Å². The Hall–Kier alpha value is -0.340. The number of rotatable bonds is 1. The Balaban J connectivity index is 3.31. The standard InChI is InChI=1S/C6H7IN2O2S/c7-6-4(8)1-3(12(10)11)2-5(6)9/h1-2H,8-9H2,(H,10,11). The molecule has 12 heavy (non-hydrogen) atoms. The molecule has 0 bridgehead atoms. The van der Waals surface area contributed by atoms with E-state index in [-0.39, 0.29) is 4.90 Å². The largest absolute Gasteiger partial charge is 0.398 e. The van der Waals surface area contributed by atoms with Gasteiger partial charge in [-0.3, -0.25) is 0 Å². The maximum absolute atomic E-state index is 10.6. The molecule has 0 aliphatic rings. The van der Waals surface area contributed by atoms with Gasteiger partial charge < -0.3 is 16.0 Å². The second-order valence-electron chi connectivity index (χ2n) is 2.16. The highest BCUT2D eigenvalue weighted by molar-refractivity contribution is 14.1. The van der Waals surface area contributed by atoms with Gasteiger partial charge in [-0.15, -0.1) is 0 Å². The second-order valence-corrected chi connectivity index (χ2v) is 4.21. The molecule has 4 nitrogen and oxygen atoms in total. The van der Waals surface area contributed by atoms with Gasteiger partial charge in [-0.2, -0.15) is 0 Å². The van der Waals surface area contributed by atoms with Gasteiger partial charge in [0.15, 0.2) is 11.1 Å². The average molecular weight is 298 g/mol. The zero-order chi connectivity index (χ0) is 9.30. The summed E-state index contributed by atoms with van der Waals surface area (Å²) in [6.45, 7) is 0. The van der Waals surface area contributed by atoms with Gasteiger partial charge in [-0.1, -0.05) is 0 Å². The Morgan fingerprint density at radius 3 is 2.08 bits per heavy atom. The molecular weight excluding hydrogens is 291 g/mol. The van der Waals surface area contributed by atoms with Crippen molar-refractivity contribution in [2.75, 3.05) is 11.5 Å². The summed E-state index contributed by atoms with van der Waals surface area (Å²) >= 11 is -0.0427. The average Bonchev–Trinajstić information content (AvgIpc) is 1.99. The first kappa shape index (κ1) is 9.75. The number of hydrogen-bond acceptors (Lipinski definition) is 3. The summed E-state index contributed by atoms with van der Waals surface area (Å²) in [4.78, 5) is 0.227. The Morgan fingerprint density at radius 1 is 1.33 bits per heavy atom. The van der Waals surface area contributed by atoms with Crippen LogP contribution < -0.4 is 11.5 Å². The maximum Gasteiger partial charge on any atom is 0.186 e. The van der Waals surface area contributed by atoms with Gasteiger partial charge in [0.05, 0.1) is 8.47 Å². The van der Waals surface area contributed by atoms with Gasteiger partial charge in [-0.05, 0) is 34.7 Å². The van der Waals surface area contributed by atoms with Crippen LogP contribution >= 0.6 is 22.6 Å². The molecule has 0 aromatic heterocycles. The molecule has 0 aliphatic heterocycles. The van der Waals surface area contributed by atoms with E-state index in [9.17, 15) is 4.21 Å². The van der Waals surface area contributed by atoms with Gasteiger partial charge in [0.2, 0.25) is 0 Å². The molecule has 0 heterocycles. The molecule has 1 aromatic rings. The van der Waals surface area contributed by atoms with Crippen LogP contribution in [0.3, 0.4) is 0 Å². The van der Waals surface area contributed by atoms with E-state index < -0.39 is 11.1 Å². The molecule has 1 unspecified atom stereocenters. The molecule has 0 saturated heterocycles. The highest BCUT2D eigenvalue weighted by Gasteiger charge is 2.06. The van der Waals surface area contributed by atoms with E-state index in [2.05, 4.69) is 0 Å². The predicted molar refractivity (Wildman–Crippen MR) is 57.0 cm³/mol. The summed E-state index contributed by atoms with van der Waals surface area (Å²) in [6.07, 6.45) is 0. The van der Waals surface area contributed by atoms with Crippen LogP contribution in [-0.4, -0.2) is 8.76 Å². The van der Waals surface area contributed by atoms with Gasteiger partial charge in [-0.25, -0.2) is 4.21 Å². The first-order chi connectivity index (χ1) is 5.52. The van der Waals surface area contributed by atoms with Crippen LogP contribution in [0.5, 0.6) is 0 Å². The lowest BCUT2D eigenvalue weighted by Gasteiger charge is -2.03. The van der Waals surface area contributed by atoms with Crippen molar-refractivity contribution in [1.82, 2.24) is 0 Å². The smallest absolute Gasteiger partial charge is 0.186 e. The zero-order valence-corrected chi connectivity index (χ0v) is 8.93. The maximum atomic E-state index is 10.6. The van der Waals surface area contributed by atoms with Crippen molar-refractivity contribution in [3.05, 3.63) is 15.7 Å². The van der Waals surface area contributed by atoms with E-state index in [0.29, 0.717) is 14.9 Å².